The fraction of sp³-hybridized carbons (Fsp3) is 0.619. The third-order valence-electron chi connectivity index (χ3n) is 5.91. The first-order valence-corrected chi connectivity index (χ1v) is 10.2. The first kappa shape index (κ1) is 18.1. The Hall–Kier alpha value is -2.24. The van der Waals surface area contributed by atoms with Gasteiger partial charge in [-0.1, -0.05) is 31.4 Å². The van der Waals surface area contributed by atoms with E-state index in [0.29, 0.717) is 24.6 Å². The van der Waals surface area contributed by atoms with Gasteiger partial charge in [-0.25, -0.2) is 0 Å². The Morgan fingerprint density at radius 3 is 2.41 bits per heavy atom. The van der Waals surface area contributed by atoms with Gasteiger partial charge in [-0.15, -0.1) is 0 Å². The lowest BCUT2D eigenvalue weighted by atomic mass is 9.88. The molecule has 1 aromatic rings. The lowest BCUT2D eigenvalue weighted by molar-refractivity contribution is -0.142. The van der Waals surface area contributed by atoms with Crippen molar-refractivity contribution in [2.24, 2.45) is 5.92 Å². The van der Waals surface area contributed by atoms with Crippen molar-refractivity contribution in [2.45, 2.75) is 57.1 Å². The van der Waals surface area contributed by atoms with Gasteiger partial charge < -0.3 is 19.7 Å². The first-order valence-electron chi connectivity index (χ1n) is 10.2. The SMILES string of the molecule is O=C(NC1CCN(C(=O)[C@@H]2COc3ccccc3O2)CC1)C1CCCCC1. The van der Waals surface area contributed by atoms with Crippen LogP contribution in [0.1, 0.15) is 44.9 Å². The summed E-state index contributed by atoms with van der Waals surface area (Å²) in [5, 5.41) is 3.21. The predicted molar refractivity (Wildman–Crippen MR) is 101 cm³/mol. The standard InChI is InChI=1S/C21H28N2O4/c24-20(15-6-2-1-3-7-15)22-16-10-12-23(13-11-16)21(25)19-14-26-17-8-4-5-9-18(17)27-19/h4-5,8-9,15-16,19H,1-3,6-7,10-14H2,(H,22,24)/t19-/m0/s1. The maximum Gasteiger partial charge on any atom is 0.267 e. The second kappa shape index (κ2) is 8.19. The monoisotopic (exact) mass is 372 g/mol. The summed E-state index contributed by atoms with van der Waals surface area (Å²) in [4.78, 5) is 27.0. The van der Waals surface area contributed by atoms with Gasteiger partial charge in [0.05, 0.1) is 0 Å². The average molecular weight is 372 g/mol. The van der Waals surface area contributed by atoms with Crippen LogP contribution in [-0.2, 0) is 9.59 Å². The summed E-state index contributed by atoms with van der Waals surface area (Å²) in [7, 11) is 0. The van der Waals surface area contributed by atoms with Crippen molar-refractivity contribution >= 4 is 11.8 Å². The summed E-state index contributed by atoms with van der Waals surface area (Å²) < 4.78 is 11.5. The summed E-state index contributed by atoms with van der Waals surface area (Å²) in [6, 6.07) is 7.60. The van der Waals surface area contributed by atoms with E-state index in [4.69, 9.17) is 9.47 Å². The molecule has 0 radical (unpaired) electrons. The summed E-state index contributed by atoms with van der Waals surface area (Å²) in [6.07, 6.45) is 6.63. The Balaban J connectivity index is 1.25. The van der Waals surface area contributed by atoms with Crippen LogP contribution in [0.2, 0.25) is 0 Å². The molecule has 6 nitrogen and oxygen atoms in total. The smallest absolute Gasteiger partial charge is 0.267 e. The minimum absolute atomic E-state index is 0.0263. The second-order valence-corrected chi connectivity index (χ2v) is 7.81. The fourth-order valence-corrected chi connectivity index (χ4v) is 4.27. The molecule has 0 aromatic heterocycles. The number of carbonyl (C=O) groups is 2. The molecule has 1 saturated carbocycles. The summed E-state index contributed by atoms with van der Waals surface area (Å²) in [6.45, 7) is 1.54. The third kappa shape index (κ3) is 4.20. The molecule has 0 unspecified atom stereocenters. The number of nitrogens with zero attached hydrogens (tertiary/aromatic N) is 1. The van der Waals surface area contributed by atoms with Gasteiger partial charge in [-0.3, -0.25) is 9.59 Å². The Morgan fingerprint density at radius 2 is 1.67 bits per heavy atom. The molecule has 1 aromatic carbocycles. The number of para-hydroxylation sites is 2. The van der Waals surface area contributed by atoms with Gasteiger partial charge in [-0.05, 0) is 37.8 Å². The molecule has 1 saturated heterocycles. The summed E-state index contributed by atoms with van der Waals surface area (Å²) >= 11 is 0. The third-order valence-corrected chi connectivity index (χ3v) is 5.91. The van der Waals surface area contributed by atoms with Crippen LogP contribution in [0.15, 0.2) is 24.3 Å². The molecule has 1 atom stereocenters. The van der Waals surface area contributed by atoms with E-state index in [1.807, 2.05) is 29.2 Å². The highest BCUT2D eigenvalue weighted by atomic mass is 16.6. The molecule has 27 heavy (non-hydrogen) atoms. The van der Waals surface area contributed by atoms with E-state index in [9.17, 15) is 9.59 Å². The lowest BCUT2D eigenvalue weighted by Crippen LogP contribution is -2.52. The van der Waals surface area contributed by atoms with E-state index in [1.54, 1.807) is 0 Å². The van der Waals surface area contributed by atoms with Gasteiger partial charge in [-0.2, -0.15) is 0 Å². The number of nitrogens with one attached hydrogen (secondary N) is 1. The molecule has 1 N–H and O–H groups in total. The average Bonchev–Trinajstić information content (AvgIpc) is 2.74. The van der Waals surface area contributed by atoms with Gasteiger partial charge in [0.25, 0.3) is 5.91 Å². The van der Waals surface area contributed by atoms with Crippen LogP contribution in [0, 0.1) is 5.92 Å². The maximum atomic E-state index is 12.8. The van der Waals surface area contributed by atoms with Crippen LogP contribution in [0.3, 0.4) is 0 Å². The zero-order valence-corrected chi connectivity index (χ0v) is 15.7. The number of likely N-dealkylation sites (tertiary alicyclic amines) is 1. The molecule has 2 amide bonds. The molecule has 0 bridgehead atoms. The van der Waals surface area contributed by atoms with E-state index in [1.165, 1.54) is 6.42 Å². The van der Waals surface area contributed by atoms with Gasteiger partial charge >= 0.3 is 0 Å². The van der Waals surface area contributed by atoms with Crippen LogP contribution < -0.4 is 14.8 Å². The molecule has 2 fully saturated rings. The molecule has 1 aliphatic carbocycles. The molecule has 2 aliphatic heterocycles. The normalized spacial score (nSPS) is 23.7. The van der Waals surface area contributed by atoms with Crippen molar-refractivity contribution in [3.8, 4) is 11.5 Å². The van der Waals surface area contributed by atoms with E-state index in [0.717, 1.165) is 38.5 Å². The topological polar surface area (TPSA) is 67.9 Å². The van der Waals surface area contributed by atoms with Crippen LogP contribution in [0.25, 0.3) is 0 Å². The molecule has 146 valence electrons. The van der Waals surface area contributed by atoms with Gasteiger partial charge in [0.2, 0.25) is 12.0 Å². The number of fused-ring (bicyclic) bond motifs is 1. The van der Waals surface area contributed by atoms with Crippen molar-refractivity contribution in [3.05, 3.63) is 24.3 Å². The Kier molecular flexibility index (Phi) is 5.50. The minimum atomic E-state index is -0.590. The highest BCUT2D eigenvalue weighted by Gasteiger charge is 2.33. The van der Waals surface area contributed by atoms with E-state index in [2.05, 4.69) is 5.32 Å². The minimum Gasteiger partial charge on any atom is -0.485 e. The van der Waals surface area contributed by atoms with Crippen molar-refractivity contribution in [3.63, 3.8) is 0 Å². The maximum absolute atomic E-state index is 12.8. The molecule has 2 heterocycles. The number of ether oxygens (including phenoxy) is 2. The molecular weight excluding hydrogens is 344 g/mol. The van der Waals surface area contributed by atoms with Crippen molar-refractivity contribution < 1.29 is 19.1 Å². The largest absolute Gasteiger partial charge is 0.485 e. The quantitative estimate of drug-likeness (QED) is 0.885. The number of piperidine rings is 1. The Bertz CT molecular complexity index is 679. The van der Waals surface area contributed by atoms with E-state index in [-0.39, 0.29) is 30.4 Å². The number of carbonyl (C=O) groups excluding carboxylic acids is 2. The molecule has 0 spiro atoms. The first-order chi connectivity index (χ1) is 13.2. The summed E-state index contributed by atoms with van der Waals surface area (Å²) in [5.74, 6) is 1.68. The zero-order chi connectivity index (χ0) is 18.6. The Labute approximate surface area is 160 Å². The van der Waals surface area contributed by atoms with Gasteiger partial charge in [0, 0.05) is 25.0 Å². The molecule has 6 heteroatoms. The number of hydrogen-bond acceptors (Lipinski definition) is 4. The van der Waals surface area contributed by atoms with Crippen molar-refractivity contribution in [1.29, 1.82) is 0 Å². The van der Waals surface area contributed by atoms with Gasteiger partial charge in [0.15, 0.2) is 11.5 Å². The highest BCUT2D eigenvalue weighted by Crippen LogP contribution is 2.31. The van der Waals surface area contributed by atoms with Gasteiger partial charge in [0.1, 0.15) is 6.61 Å². The molecule has 4 rings (SSSR count). The lowest BCUT2D eigenvalue weighted by Gasteiger charge is -2.36. The van der Waals surface area contributed by atoms with Crippen LogP contribution >= 0.6 is 0 Å². The number of benzene rings is 1. The molecule has 3 aliphatic rings. The van der Waals surface area contributed by atoms with Crippen LogP contribution in [-0.4, -0.2) is 48.6 Å². The van der Waals surface area contributed by atoms with Crippen LogP contribution in [0.4, 0.5) is 0 Å². The van der Waals surface area contributed by atoms with E-state index >= 15 is 0 Å². The number of amides is 2. The summed E-state index contributed by atoms with van der Waals surface area (Å²) in [5.41, 5.74) is 0. The predicted octanol–water partition coefficient (Wildman–Crippen LogP) is 2.51. The van der Waals surface area contributed by atoms with Crippen molar-refractivity contribution in [1.82, 2.24) is 10.2 Å². The van der Waals surface area contributed by atoms with E-state index < -0.39 is 6.10 Å². The molecular formula is C21H28N2O4. The van der Waals surface area contributed by atoms with Crippen molar-refractivity contribution in [2.75, 3.05) is 19.7 Å². The number of hydrogen-bond donors (Lipinski definition) is 1. The second-order valence-electron chi connectivity index (χ2n) is 7.81. The number of rotatable bonds is 3. The zero-order valence-electron chi connectivity index (χ0n) is 15.7. The highest BCUT2D eigenvalue weighted by molar-refractivity contribution is 5.82. The fourth-order valence-electron chi connectivity index (χ4n) is 4.27. The van der Waals surface area contributed by atoms with Crippen LogP contribution in [0.5, 0.6) is 11.5 Å². The Morgan fingerprint density at radius 1 is 0.963 bits per heavy atom.